The van der Waals surface area contributed by atoms with E-state index < -0.39 is 97.5 Å². The summed E-state index contributed by atoms with van der Waals surface area (Å²) in [7, 11) is -9.90. The van der Waals surface area contributed by atoms with Crippen LogP contribution in [0.25, 0.3) is 0 Å². The average molecular weight is 1380 g/mol. The Morgan fingerprint density at radius 2 is 0.543 bits per heavy atom. The quantitative estimate of drug-likeness (QED) is 0.0222. The SMILES string of the molecule is CCCCCCCCCCCCCCCCCCCCCCC(=O)O[C@H](COC(=O)CCCCCCCCCCCCCCCCCCC(C)C)COP(=O)(O)OC[C@@H](O)COP(=O)(O)OC[C@@H](COC(=O)CCCCCCC)OC(=O)CCCCCCCCC(C)CC. The fourth-order valence-electron chi connectivity index (χ4n) is 11.4. The normalized spacial score (nSPS) is 14.3. The number of carbonyl (C=O) groups excluding carboxylic acids is 4. The molecular weight excluding hydrogens is 1230 g/mol. The molecule has 19 heteroatoms. The molecule has 0 rings (SSSR count). The molecule has 558 valence electrons. The highest BCUT2D eigenvalue weighted by Crippen LogP contribution is 2.45. The molecule has 0 saturated heterocycles. The molecule has 0 aliphatic rings. The van der Waals surface area contributed by atoms with Crippen molar-refractivity contribution in [2.75, 3.05) is 39.6 Å². The van der Waals surface area contributed by atoms with Crippen LogP contribution < -0.4 is 0 Å². The van der Waals surface area contributed by atoms with Gasteiger partial charge in [-0.25, -0.2) is 9.13 Å². The van der Waals surface area contributed by atoms with E-state index in [0.717, 1.165) is 108 Å². The highest BCUT2D eigenvalue weighted by atomic mass is 31.2. The van der Waals surface area contributed by atoms with Crippen molar-refractivity contribution >= 4 is 39.5 Å². The van der Waals surface area contributed by atoms with E-state index >= 15 is 0 Å². The molecule has 0 aromatic heterocycles. The van der Waals surface area contributed by atoms with Crippen LogP contribution in [-0.2, 0) is 65.4 Å². The van der Waals surface area contributed by atoms with Crippen molar-refractivity contribution in [3.05, 3.63) is 0 Å². The van der Waals surface area contributed by atoms with Crippen LogP contribution in [-0.4, -0.2) is 96.7 Å². The van der Waals surface area contributed by atoms with Crippen LogP contribution in [0.15, 0.2) is 0 Å². The molecule has 0 radical (unpaired) electrons. The molecule has 0 aliphatic heterocycles. The molecule has 0 aliphatic carbocycles. The van der Waals surface area contributed by atoms with Gasteiger partial charge in [0.2, 0.25) is 0 Å². The second-order valence-electron chi connectivity index (χ2n) is 27.8. The fourth-order valence-corrected chi connectivity index (χ4v) is 13.0. The first-order valence-electron chi connectivity index (χ1n) is 39.0. The summed E-state index contributed by atoms with van der Waals surface area (Å²) >= 11 is 0. The van der Waals surface area contributed by atoms with Gasteiger partial charge >= 0.3 is 39.5 Å². The highest BCUT2D eigenvalue weighted by molar-refractivity contribution is 7.47. The summed E-state index contributed by atoms with van der Waals surface area (Å²) in [4.78, 5) is 72.4. The fraction of sp³-hybridized carbons (Fsp3) is 0.947. The number of phosphoric acid groups is 2. The van der Waals surface area contributed by atoms with E-state index in [2.05, 4.69) is 41.5 Å². The Morgan fingerprint density at radius 3 is 0.809 bits per heavy atom. The van der Waals surface area contributed by atoms with E-state index in [-0.39, 0.29) is 25.7 Å². The molecule has 0 spiro atoms. The van der Waals surface area contributed by atoms with Crippen molar-refractivity contribution in [1.29, 1.82) is 0 Å². The number of aliphatic hydroxyl groups is 1. The molecule has 17 nitrogen and oxygen atoms in total. The molecule has 94 heavy (non-hydrogen) atoms. The zero-order valence-corrected chi connectivity index (χ0v) is 63.1. The van der Waals surface area contributed by atoms with Gasteiger partial charge in [0.05, 0.1) is 26.4 Å². The zero-order valence-electron chi connectivity index (χ0n) is 61.3. The van der Waals surface area contributed by atoms with Gasteiger partial charge < -0.3 is 33.8 Å². The largest absolute Gasteiger partial charge is 0.472 e. The monoisotopic (exact) mass is 1380 g/mol. The zero-order chi connectivity index (χ0) is 69.3. The van der Waals surface area contributed by atoms with Crippen LogP contribution in [0.1, 0.15) is 388 Å². The van der Waals surface area contributed by atoms with Crippen LogP contribution in [0.3, 0.4) is 0 Å². The maximum Gasteiger partial charge on any atom is 0.472 e. The van der Waals surface area contributed by atoms with E-state index in [0.29, 0.717) is 25.7 Å². The Balaban J connectivity index is 5.12. The molecule has 3 unspecified atom stereocenters. The lowest BCUT2D eigenvalue weighted by Crippen LogP contribution is -2.30. The molecule has 0 saturated carbocycles. The number of hydrogen-bond donors (Lipinski definition) is 3. The Morgan fingerprint density at radius 1 is 0.309 bits per heavy atom. The summed E-state index contributed by atoms with van der Waals surface area (Å²) in [5.41, 5.74) is 0. The van der Waals surface area contributed by atoms with Crippen LogP contribution >= 0.6 is 15.6 Å². The summed E-state index contributed by atoms with van der Waals surface area (Å²) in [6.07, 6.45) is 54.8. The lowest BCUT2D eigenvalue weighted by Gasteiger charge is -2.21. The number of unbranched alkanes of at least 4 members (excludes halogenated alkanes) is 43. The Kier molecular flexibility index (Phi) is 65.5. The van der Waals surface area contributed by atoms with Crippen molar-refractivity contribution in [2.24, 2.45) is 11.8 Å². The second kappa shape index (κ2) is 66.9. The predicted molar refractivity (Wildman–Crippen MR) is 381 cm³/mol. The molecular formula is C75H146O17P2. The lowest BCUT2D eigenvalue weighted by atomic mass is 10.00. The summed E-state index contributed by atoms with van der Waals surface area (Å²) in [5.74, 6) is -0.599. The molecule has 0 bridgehead atoms. The van der Waals surface area contributed by atoms with Crippen LogP contribution in [0.2, 0.25) is 0 Å². The molecule has 0 amide bonds. The van der Waals surface area contributed by atoms with Gasteiger partial charge in [-0.3, -0.25) is 37.3 Å². The van der Waals surface area contributed by atoms with E-state index in [9.17, 15) is 43.2 Å². The van der Waals surface area contributed by atoms with E-state index in [4.69, 9.17) is 37.0 Å². The van der Waals surface area contributed by atoms with Crippen molar-refractivity contribution < 1.29 is 80.2 Å². The molecule has 6 atom stereocenters. The number of phosphoric ester groups is 2. The van der Waals surface area contributed by atoms with E-state index in [1.807, 2.05) is 0 Å². The van der Waals surface area contributed by atoms with Gasteiger partial charge in [-0.15, -0.1) is 0 Å². The third kappa shape index (κ3) is 67.3. The van der Waals surface area contributed by atoms with Crippen LogP contribution in [0.5, 0.6) is 0 Å². The molecule has 0 aromatic rings. The highest BCUT2D eigenvalue weighted by Gasteiger charge is 2.30. The second-order valence-corrected chi connectivity index (χ2v) is 30.7. The maximum atomic E-state index is 13.1. The van der Waals surface area contributed by atoms with Gasteiger partial charge in [0.15, 0.2) is 12.2 Å². The van der Waals surface area contributed by atoms with Gasteiger partial charge in [-0.1, -0.05) is 337 Å². The third-order valence-electron chi connectivity index (χ3n) is 17.8. The number of rotatable bonds is 74. The predicted octanol–water partition coefficient (Wildman–Crippen LogP) is 21.9. The molecule has 0 fully saturated rings. The minimum Gasteiger partial charge on any atom is -0.462 e. The Hall–Kier alpha value is -1.94. The lowest BCUT2D eigenvalue weighted by molar-refractivity contribution is -0.161. The first-order chi connectivity index (χ1) is 45.4. The van der Waals surface area contributed by atoms with Gasteiger partial charge in [0, 0.05) is 25.7 Å². The van der Waals surface area contributed by atoms with Crippen molar-refractivity contribution in [1.82, 2.24) is 0 Å². The first-order valence-corrected chi connectivity index (χ1v) is 42.0. The maximum absolute atomic E-state index is 13.1. The summed E-state index contributed by atoms with van der Waals surface area (Å²) in [6, 6.07) is 0. The third-order valence-corrected chi connectivity index (χ3v) is 19.7. The van der Waals surface area contributed by atoms with Gasteiger partial charge in [0.25, 0.3) is 0 Å². The Labute approximate surface area is 575 Å². The number of ether oxygens (including phenoxy) is 4. The van der Waals surface area contributed by atoms with Crippen molar-refractivity contribution in [2.45, 2.75) is 407 Å². The summed E-state index contributed by atoms with van der Waals surface area (Å²) in [5, 5.41) is 10.6. The standard InChI is InChI=1S/C75H146O17P2/c1-7-10-12-14-15-16-17-18-19-20-21-22-23-28-31-34-37-40-47-53-59-74(79)91-71(64-86-73(78)58-52-46-39-36-33-30-27-25-24-26-29-32-35-38-44-49-55-67(4)5)66-90-94(83,84)88-62-69(76)61-87-93(81,82)89-65-70(63-85-72(77)57-51-43-13-11-8-2)92-75(80)60-54-48-42-41-45-50-56-68(6)9-3/h67-71,76H,7-66H2,1-6H3,(H,81,82)(H,83,84)/t68?,69-,70+,71+/m0/s1. The van der Waals surface area contributed by atoms with Crippen molar-refractivity contribution in [3.63, 3.8) is 0 Å². The number of hydrogen-bond acceptors (Lipinski definition) is 15. The molecule has 0 aromatic carbocycles. The number of aliphatic hydroxyl groups excluding tert-OH is 1. The van der Waals surface area contributed by atoms with Gasteiger partial charge in [0.1, 0.15) is 19.3 Å². The van der Waals surface area contributed by atoms with Gasteiger partial charge in [-0.2, -0.15) is 0 Å². The van der Waals surface area contributed by atoms with E-state index in [1.165, 1.54) is 199 Å². The minimum atomic E-state index is -4.95. The number of esters is 4. The summed E-state index contributed by atoms with van der Waals surface area (Å²) in [6.45, 7) is 9.47. The van der Waals surface area contributed by atoms with Crippen LogP contribution in [0, 0.1) is 11.8 Å². The van der Waals surface area contributed by atoms with Crippen molar-refractivity contribution in [3.8, 4) is 0 Å². The average Bonchev–Trinajstić information content (AvgIpc) is 1.35. The molecule has 3 N–H and O–H groups in total. The first kappa shape index (κ1) is 92.1. The Bertz CT molecular complexity index is 1820. The smallest absolute Gasteiger partial charge is 0.462 e. The number of carbonyl (C=O) groups is 4. The van der Waals surface area contributed by atoms with E-state index in [1.54, 1.807) is 0 Å². The summed E-state index contributed by atoms with van der Waals surface area (Å²) < 4.78 is 68.2. The van der Waals surface area contributed by atoms with Crippen LogP contribution in [0.4, 0.5) is 0 Å². The topological polar surface area (TPSA) is 237 Å². The molecule has 0 heterocycles. The van der Waals surface area contributed by atoms with Gasteiger partial charge in [-0.05, 0) is 37.5 Å². The minimum absolute atomic E-state index is 0.102.